The average molecular weight is 490 g/mol. The molecule has 8 nitrogen and oxygen atoms in total. The number of hydrogen-bond donors (Lipinski definition) is 0. The van der Waals surface area contributed by atoms with Crippen molar-refractivity contribution in [3.8, 4) is 11.5 Å². The van der Waals surface area contributed by atoms with E-state index in [2.05, 4.69) is 0 Å². The van der Waals surface area contributed by atoms with E-state index in [1.54, 1.807) is 24.3 Å². The minimum absolute atomic E-state index is 0.214. The summed E-state index contributed by atoms with van der Waals surface area (Å²) in [6.07, 6.45) is 0.664. The molecule has 0 spiro atoms. The summed E-state index contributed by atoms with van der Waals surface area (Å²) in [6, 6.07) is 11.7. The summed E-state index contributed by atoms with van der Waals surface area (Å²) < 4.78 is 42.9. The van der Waals surface area contributed by atoms with Crippen molar-refractivity contribution in [2.24, 2.45) is 5.92 Å². The first kappa shape index (κ1) is 25.7. The highest BCUT2D eigenvalue weighted by atomic mass is 32.2. The van der Waals surface area contributed by atoms with Crippen LogP contribution in [0.15, 0.2) is 47.4 Å². The van der Waals surface area contributed by atoms with Crippen LogP contribution in [0, 0.1) is 5.92 Å². The largest absolute Gasteiger partial charge is 0.497 e. The van der Waals surface area contributed by atoms with E-state index < -0.39 is 34.3 Å². The molecular weight excluding hydrogens is 458 g/mol. The molecule has 1 fully saturated rings. The van der Waals surface area contributed by atoms with Crippen LogP contribution in [0.25, 0.3) is 0 Å². The zero-order valence-corrected chi connectivity index (χ0v) is 20.8. The maximum atomic E-state index is 13.0. The van der Waals surface area contributed by atoms with Crippen LogP contribution in [0.2, 0.25) is 0 Å². The number of carbonyl (C=O) groups excluding carboxylic acids is 2. The van der Waals surface area contributed by atoms with E-state index in [0.29, 0.717) is 30.3 Å². The summed E-state index contributed by atoms with van der Waals surface area (Å²) in [6.45, 7) is 4.10. The number of carbonyl (C=O) groups is 2. The highest BCUT2D eigenvalue weighted by Gasteiger charge is 2.33. The lowest BCUT2D eigenvalue weighted by atomic mass is 9.98. The van der Waals surface area contributed by atoms with Gasteiger partial charge in [-0.1, -0.05) is 26.0 Å². The van der Waals surface area contributed by atoms with Crippen LogP contribution in [0.1, 0.15) is 48.5 Å². The number of sulfonamides is 1. The van der Waals surface area contributed by atoms with E-state index in [1.807, 2.05) is 26.0 Å². The van der Waals surface area contributed by atoms with Gasteiger partial charge in [-0.15, -0.1) is 0 Å². The fourth-order valence-corrected chi connectivity index (χ4v) is 5.34. The van der Waals surface area contributed by atoms with Crippen molar-refractivity contribution >= 4 is 21.8 Å². The highest BCUT2D eigenvalue weighted by Crippen LogP contribution is 2.27. The number of Topliss-reactive ketones (excluding diaryl/α,β-unsaturated/α-hetero) is 1. The summed E-state index contributed by atoms with van der Waals surface area (Å²) >= 11 is 0. The number of esters is 1. The molecule has 0 aromatic heterocycles. The summed E-state index contributed by atoms with van der Waals surface area (Å²) in [5.74, 6) is -0.211. The summed E-state index contributed by atoms with van der Waals surface area (Å²) in [5, 5.41) is 0. The minimum atomic E-state index is -3.63. The first-order valence-corrected chi connectivity index (χ1v) is 12.6. The van der Waals surface area contributed by atoms with Crippen molar-refractivity contribution in [2.45, 2.75) is 37.5 Å². The zero-order chi connectivity index (χ0) is 24.9. The second-order valence-corrected chi connectivity index (χ2v) is 10.4. The van der Waals surface area contributed by atoms with E-state index in [1.165, 1.54) is 24.6 Å². The van der Waals surface area contributed by atoms with Crippen LogP contribution >= 0.6 is 0 Å². The molecule has 1 aliphatic heterocycles. The van der Waals surface area contributed by atoms with Crippen LogP contribution in [0.4, 0.5) is 0 Å². The number of piperidine rings is 1. The Bertz CT molecular complexity index is 1120. The third kappa shape index (κ3) is 5.77. The van der Waals surface area contributed by atoms with E-state index in [-0.39, 0.29) is 23.5 Å². The number of rotatable bonds is 9. The second-order valence-electron chi connectivity index (χ2n) is 8.50. The van der Waals surface area contributed by atoms with Gasteiger partial charge in [0.2, 0.25) is 15.8 Å². The number of ether oxygens (including phenoxy) is 3. The average Bonchev–Trinajstić information content (AvgIpc) is 2.86. The molecule has 0 amide bonds. The molecule has 1 heterocycles. The number of nitrogens with zero attached hydrogens (tertiary/aromatic N) is 1. The number of benzene rings is 2. The maximum Gasteiger partial charge on any atom is 0.309 e. The molecule has 1 saturated heterocycles. The second kappa shape index (κ2) is 11.0. The molecule has 2 aromatic rings. The SMILES string of the molecule is COc1ccc(OC)c(C(=O)COC(=O)C2CCN(S(=O)(=O)c3ccc(C(C)C)cc3)CC2)c1. The molecule has 0 radical (unpaired) electrons. The lowest BCUT2D eigenvalue weighted by Crippen LogP contribution is -2.40. The highest BCUT2D eigenvalue weighted by molar-refractivity contribution is 7.89. The molecule has 0 bridgehead atoms. The van der Waals surface area contributed by atoms with Gasteiger partial charge in [-0.3, -0.25) is 9.59 Å². The van der Waals surface area contributed by atoms with Crippen molar-refractivity contribution in [1.29, 1.82) is 0 Å². The Morgan fingerprint density at radius 1 is 1.00 bits per heavy atom. The lowest BCUT2D eigenvalue weighted by molar-refractivity contribution is -0.148. The molecule has 1 aliphatic rings. The van der Waals surface area contributed by atoms with Crippen molar-refractivity contribution in [1.82, 2.24) is 4.31 Å². The lowest BCUT2D eigenvalue weighted by Gasteiger charge is -2.30. The Labute approximate surface area is 200 Å². The van der Waals surface area contributed by atoms with Gasteiger partial charge in [-0.25, -0.2) is 8.42 Å². The van der Waals surface area contributed by atoms with Gasteiger partial charge in [-0.2, -0.15) is 4.31 Å². The Kier molecular flexibility index (Phi) is 8.33. The molecule has 184 valence electrons. The maximum absolute atomic E-state index is 13.0. The first-order chi connectivity index (χ1) is 16.2. The van der Waals surface area contributed by atoms with Gasteiger partial charge in [-0.05, 0) is 54.7 Å². The Hall–Kier alpha value is -2.91. The van der Waals surface area contributed by atoms with Gasteiger partial charge in [0, 0.05) is 13.1 Å². The zero-order valence-electron chi connectivity index (χ0n) is 19.9. The minimum Gasteiger partial charge on any atom is -0.497 e. The van der Waals surface area contributed by atoms with Gasteiger partial charge in [0.25, 0.3) is 0 Å². The molecule has 34 heavy (non-hydrogen) atoms. The Morgan fingerprint density at radius 2 is 1.65 bits per heavy atom. The van der Waals surface area contributed by atoms with Gasteiger partial charge >= 0.3 is 5.97 Å². The molecule has 0 saturated carbocycles. The van der Waals surface area contributed by atoms with Crippen LogP contribution in [-0.2, 0) is 19.6 Å². The van der Waals surface area contributed by atoms with Crippen LogP contribution in [0.3, 0.4) is 0 Å². The quantitative estimate of drug-likeness (QED) is 0.392. The number of methoxy groups -OCH3 is 2. The fourth-order valence-electron chi connectivity index (χ4n) is 3.87. The van der Waals surface area contributed by atoms with Crippen molar-refractivity contribution in [3.05, 3.63) is 53.6 Å². The first-order valence-electron chi connectivity index (χ1n) is 11.2. The molecule has 0 N–H and O–H groups in total. The van der Waals surface area contributed by atoms with Gasteiger partial charge in [0.1, 0.15) is 11.5 Å². The van der Waals surface area contributed by atoms with Crippen LogP contribution in [0.5, 0.6) is 11.5 Å². The number of hydrogen-bond acceptors (Lipinski definition) is 7. The van der Waals surface area contributed by atoms with Crippen molar-refractivity contribution in [3.63, 3.8) is 0 Å². The summed E-state index contributed by atoms with van der Waals surface area (Å²) in [7, 11) is -0.689. The molecule has 0 atom stereocenters. The Morgan fingerprint density at radius 3 is 2.21 bits per heavy atom. The van der Waals surface area contributed by atoms with Gasteiger partial charge in [0.15, 0.2) is 6.61 Å². The van der Waals surface area contributed by atoms with E-state index in [0.717, 1.165) is 5.56 Å². The Balaban J connectivity index is 1.56. The van der Waals surface area contributed by atoms with Crippen LogP contribution < -0.4 is 9.47 Å². The summed E-state index contributed by atoms with van der Waals surface area (Å²) in [5.41, 5.74) is 1.33. The van der Waals surface area contributed by atoms with E-state index in [4.69, 9.17) is 14.2 Å². The van der Waals surface area contributed by atoms with Gasteiger partial charge < -0.3 is 14.2 Å². The van der Waals surface area contributed by atoms with E-state index in [9.17, 15) is 18.0 Å². The molecule has 0 aliphatic carbocycles. The predicted molar refractivity (Wildman–Crippen MR) is 127 cm³/mol. The topological polar surface area (TPSA) is 99.2 Å². The van der Waals surface area contributed by atoms with Gasteiger partial charge in [0.05, 0.1) is 30.6 Å². The monoisotopic (exact) mass is 489 g/mol. The van der Waals surface area contributed by atoms with Crippen molar-refractivity contribution in [2.75, 3.05) is 33.9 Å². The molecule has 3 rings (SSSR count). The van der Waals surface area contributed by atoms with Crippen LogP contribution in [-0.4, -0.2) is 58.4 Å². The van der Waals surface area contributed by atoms with E-state index >= 15 is 0 Å². The number of ketones is 1. The fraction of sp³-hybridized carbons (Fsp3) is 0.440. The third-order valence-corrected chi connectivity index (χ3v) is 7.94. The smallest absolute Gasteiger partial charge is 0.309 e. The molecule has 0 unspecified atom stereocenters. The molecule has 9 heteroatoms. The molecule has 2 aromatic carbocycles. The van der Waals surface area contributed by atoms with Crippen molar-refractivity contribution < 1.29 is 32.2 Å². The summed E-state index contributed by atoms with van der Waals surface area (Å²) in [4.78, 5) is 25.4. The standard InChI is InChI=1S/C25H31NO7S/c1-17(2)18-5-8-21(9-6-18)34(29,30)26-13-11-19(12-14-26)25(28)33-16-23(27)22-15-20(31-3)7-10-24(22)32-4/h5-10,15,17,19H,11-14,16H2,1-4H3. The normalized spacial score (nSPS) is 15.2. The third-order valence-electron chi connectivity index (χ3n) is 6.02. The predicted octanol–water partition coefficient (Wildman–Crippen LogP) is 3.65. The molecular formula is C25H31NO7S.